The van der Waals surface area contributed by atoms with E-state index in [-0.39, 0.29) is 0 Å². The van der Waals surface area contributed by atoms with E-state index in [1.165, 1.54) is 11.1 Å². The largest absolute Gasteiger partial charge is 0.0990 e. The van der Waals surface area contributed by atoms with Crippen molar-refractivity contribution in [1.29, 1.82) is 0 Å². The molecule has 0 aliphatic heterocycles. The predicted molar refractivity (Wildman–Crippen MR) is 104 cm³/mol. The lowest BCUT2D eigenvalue weighted by atomic mass is 9.87. The molecule has 2 aromatic carbocycles. The van der Waals surface area contributed by atoms with Crippen molar-refractivity contribution in [2.45, 2.75) is 6.92 Å². The topological polar surface area (TPSA) is 0 Å². The van der Waals surface area contributed by atoms with Crippen LogP contribution in [-0.2, 0) is 0 Å². The summed E-state index contributed by atoms with van der Waals surface area (Å²) in [6, 6.07) is 16.7. The minimum absolute atomic E-state index is 1.05. The Hall–Kier alpha value is -2.86. The van der Waals surface area contributed by atoms with E-state index < -0.39 is 0 Å². The molecular weight excluding hydrogens is 276 g/mol. The Morgan fingerprint density at radius 1 is 0.826 bits per heavy atom. The van der Waals surface area contributed by atoms with Gasteiger partial charge >= 0.3 is 0 Å². The van der Waals surface area contributed by atoms with Gasteiger partial charge in [-0.25, -0.2) is 0 Å². The quantitative estimate of drug-likeness (QED) is 0.521. The van der Waals surface area contributed by atoms with Crippen LogP contribution in [0.15, 0.2) is 98.6 Å². The van der Waals surface area contributed by atoms with Gasteiger partial charge in [-0.05, 0) is 40.3 Å². The zero-order valence-corrected chi connectivity index (χ0v) is 13.6. The molecule has 0 unspecified atom stereocenters. The number of rotatable bonds is 6. The summed E-state index contributed by atoms with van der Waals surface area (Å²) in [6.45, 7) is 13.8. The van der Waals surface area contributed by atoms with E-state index in [9.17, 15) is 0 Å². The molecule has 0 fully saturated rings. The van der Waals surface area contributed by atoms with Gasteiger partial charge in [-0.15, -0.1) is 0 Å². The summed E-state index contributed by atoms with van der Waals surface area (Å²) in [5.41, 5.74) is 6.82. The van der Waals surface area contributed by atoms with Crippen LogP contribution in [0.3, 0.4) is 0 Å². The summed E-state index contributed by atoms with van der Waals surface area (Å²) in [5.74, 6) is 0. The van der Waals surface area contributed by atoms with E-state index in [2.05, 4.69) is 68.3 Å². The first-order valence-electron chi connectivity index (χ1n) is 7.69. The van der Waals surface area contributed by atoms with Crippen LogP contribution in [-0.4, -0.2) is 0 Å². The molecule has 0 heteroatoms. The van der Waals surface area contributed by atoms with Crippen LogP contribution in [0.4, 0.5) is 0 Å². The van der Waals surface area contributed by atoms with Crippen LogP contribution in [0.5, 0.6) is 0 Å². The Balaban J connectivity index is 2.85. The second-order valence-electron chi connectivity index (χ2n) is 5.10. The molecule has 0 saturated heterocycles. The highest BCUT2D eigenvalue weighted by molar-refractivity contribution is 5.94. The van der Waals surface area contributed by atoms with Crippen molar-refractivity contribution in [3.05, 3.63) is 110 Å². The van der Waals surface area contributed by atoms with Gasteiger partial charge in [0.25, 0.3) is 0 Å². The highest BCUT2D eigenvalue weighted by Gasteiger charge is 2.13. The van der Waals surface area contributed by atoms with Crippen molar-refractivity contribution < 1.29 is 0 Å². The van der Waals surface area contributed by atoms with Gasteiger partial charge in [0.05, 0.1) is 0 Å². The van der Waals surface area contributed by atoms with Crippen LogP contribution in [0.2, 0.25) is 0 Å². The lowest BCUT2D eigenvalue weighted by Gasteiger charge is -2.17. The molecule has 0 spiro atoms. The molecule has 0 radical (unpaired) electrons. The van der Waals surface area contributed by atoms with E-state index in [0.29, 0.717) is 0 Å². The van der Waals surface area contributed by atoms with E-state index in [4.69, 9.17) is 0 Å². The second-order valence-corrected chi connectivity index (χ2v) is 5.10. The first-order chi connectivity index (χ1) is 11.3. The molecular formula is C23H22. The Morgan fingerprint density at radius 2 is 1.52 bits per heavy atom. The van der Waals surface area contributed by atoms with E-state index in [1.54, 1.807) is 6.08 Å². The summed E-state index contributed by atoms with van der Waals surface area (Å²) in [5, 5.41) is 0. The molecule has 114 valence electrons. The maximum absolute atomic E-state index is 3.98. The highest BCUT2D eigenvalue weighted by Crippen LogP contribution is 2.35. The smallest absolute Gasteiger partial charge is 0.00272 e. The van der Waals surface area contributed by atoms with Gasteiger partial charge in [-0.2, -0.15) is 0 Å². The number of hydrogen-bond acceptors (Lipinski definition) is 0. The van der Waals surface area contributed by atoms with Crippen LogP contribution in [0.1, 0.15) is 18.1 Å². The Labute approximate surface area is 139 Å². The fraction of sp³-hybridized carbons (Fsp3) is 0.0435. The molecule has 0 bridgehead atoms. The average Bonchev–Trinajstić information content (AvgIpc) is 2.61. The predicted octanol–water partition coefficient (Wildman–Crippen LogP) is 6.70. The van der Waals surface area contributed by atoms with Crippen LogP contribution in [0.25, 0.3) is 22.3 Å². The van der Waals surface area contributed by atoms with Crippen LogP contribution in [0, 0.1) is 0 Å². The maximum atomic E-state index is 3.98. The third-order valence-electron chi connectivity index (χ3n) is 3.80. The standard InChI is InChI=1S/C23H22/c1-5-13-19(8-4)23-21(18(6-2)7-3)16-12-17-22(23)20-14-10-9-11-15-20/h5-17H,1-2,4H2,3H3. The molecule has 0 amide bonds. The average molecular weight is 298 g/mol. The Kier molecular flexibility index (Phi) is 5.71. The summed E-state index contributed by atoms with van der Waals surface area (Å²) in [4.78, 5) is 0. The molecule has 0 nitrogen and oxygen atoms in total. The number of benzene rings is 2. The van der Waals surface area contributed by atoms with E-state index >= 15 is 0 Å². The molecule has 0 saturated carbocycles. The lowest BCUT2D eigenvalue weighted by Crippen LogP contribution is -1.95. The van der Waals surface area contributed by atoms with Crippen LogP contribution >= 0.6 is 0 Å². The SMILES string of the molecule is C=CC=C(C=C)c1c(C(C=C)=CC)cccc1-c1ccccc1. The van der Waals surface area contributed by atoms with Gasteiger partial charge in [0.15, 0.2) is 0 Å². The molecule has 0 aliphatic rings. The van der Waals surface area contributed by atoms with Crippen molar-refractivity contribution in [3.8, 4) is 11.1 Å². The Morgan fingerprint density at radius 3 is 2.09 bits per heavy atom. The Bertz CT molecular complexity index is 771. The molecule has 0 heterocycles. The van der Waals surface area contributed by atoms with Gasteiger partial charge in [0.1, 0.15) is 0 Å². The van der Waals surface area contributed by atoms with Crippen molar-refractivity contribution in [1.82, 2.24) is 0 Å². The van der Waals surface area contributed by atoms with Gasteiger partial charge in [-0.3, -0.25) is 0 Å². The molecule has 0 atom stereocenters. The molecule has 2 rings (SSSR count). The minimum Gasteiger partial charge on any atom is -0.0990 e. The second kappa shape index (κ2) is 7.95. The molecule has 0 N–H and O–H groups in total. The minimum atomic E-state index is 1.05. The fourth-order valence-corrected chi connectivity index (χ4v) is 2.73. The van der Waals surface area contributed by atoms with Crippen molar-refractivity contribution in [2.24, 2.45) is 0 Å². The first kappa shape index (κ1) is 16.5. The zero-order valence-electron chi connectivity index (χ0n) is 13.6. The molecule has 23 heavy (non-hydrogen) atoms. The normalized spacial score (nSPS) is 11.9. The van der Waals surface area contributed by atoms with Gasteiger partial charge in [0, 0.05) is 0 Å². The van der Waals surface area contributed by atoms with Crippen molar-refractivity contribution in [3.63, 3.8) is 0 Å². The first-order valence-corrected chi connectivity index (χ1v) is 7.69. The molecule has 2 aromatic rings. The fourth-order valence-electron chi connectivity index (χ4n) is 2.73. The third-order valence-corrected chi connectivity index (χ3v) is 3.80. The molecule has 0 aliphatic carbocycles. The summed E-state index contributed by atoms with van der Waals surface area (Å²) in [7, 11) is 0. The van der Waals surface area contributed by atoms with Crippen molar-refractivity contribution in [2.75, 3.05) is 0 Å². The van der Waals surface area contributed by atoms with Gasteiger partial charge in [0.2, 0.25) is 0 Å². The highest BCUT2D eigenvalue weighted by atomic mass is 14.2. The zero-order chi connectivity index (χ0) is 16.7. The molecule has 0 aromatic heterocycles. The monoisotopic (exact) mass is 298 g/mol. The maximum Gasteiger partial charge on any atom is -0.00272 e. The number of hydrogen-bond donors (Lipinski definition) is 0. The summed E-state index contributed by atoms with van der Waals surface area (Å²) >= 11 is 0. The lowest BCUT2D eigenvalue weighted by molar-refractivity contribution is 1.51. The number of allylic oxidation sites excluding steroid dienone is 7. The third kappa shape index (κ3) is 3.49. The summed E-state index contributed by atoms with van der Waals surface area (Å²) < 4.78 is 0. The van der Waals surface area contributed by atoms with E-state index in [0.717, 1.165) is 22.3 Å². The van der Waals surface area contributed by atoms with E-state index in [1.807, 2.05) is 31.2 Å². The van der Waals surface area contributed by atoms with Crippen LogP contribution < -0.4 is 0 Å². The van der Waals surface area contributed by atoms with Gasteiger partial charge < -0.3 is 0 Å². The van der Waals surface area contributed by atoms with Crippen molar-refractivity contribution >= 4 is 11.1 Å². The van der Waals surface area contributed by atoms with Gasteiger partial charge in [-0.1, -0.05) is 98.6 Å². The summed E-state index contributed by atoms with van der Waals surface area (Å²) in [6.07, 6.45) is 9.64.